The van der Waals surface area contributed by atoms with E-state index in [0.717, 1.165) is 22.4 Å². The lowest BCUT2D eigenvalue weighted by atomic mass is 10.1. The Morgan fingerprint density at radius 3 is 2.55 bits per heavy atom. The quantitative estimate of drug-likeness (QED) is 0.288. The molecule has 2 heterocycles. The molecule has 0 unspecified atom stereocenters. The van der Waals surface area contributed by atoms with Crippen LogP contribution in [0.5, 0.6) is 5.75 Å². The van der Waals surface area contributed by atoms with Crippen LogP contribution in [0.2, 0.25) is 0 Å². The third-order valence-corrected chi connectivity index (χ3v) is 7.24. The topological polar surface area (TPSA) is 73.2 Å². The van der Waals surface area contributed by atoms with Crippen molar-refractivity contribution in [3.05, 3.63) is 75.4 Å². The summed E-state index contributed by atoms with van der Waals surface area (Å²) in [7, 11) is 1.62. The fourth-order valence-corrected chi connectivity index (χ4v) is 5.28. The van der Waals surface area contributed by atoms with Crippen molar-refractivity contribution in [3.63, 3.8) is 0 Å². The van der Waals surface area contributed by atoms with Gasteiger partial charge in [-0.25, -0.2) is 4.98 Å². The van der Waals surface area contributed by atoms with Gasteiger partial charge in [-0.3, -0.25) is 14.2 Å². The number of aromatic nitrogens is 2. The molecule has 0 atom stereocenters. The summed E-state index contributed by atoms with van der Waals surface area (Å²) >= 11 is 2.70. The van der Waals surface area contributed by atoms with E-state index >= 15 is 0 Å². The molecule has 0 bridgehead atoms. The summed E-state index contributed by atoms with van der Waals surface area (Å²) in [6.45, 7) is 4.88. The number of thioether (sulfide) groups is 1. The predicted octanol–water partition coefficient (Wildman–Crippen LogP) is 4.87. The largest absolute Gasteiger partial charge is 0.497 e. The highest BCUT2D eigenvalue weighted by atomic mass is 32.2. The zero-order valence-electron chi connectivity index (χ0n) is 18.8. The number of ether oxygens (including phenoxy) is 1. The molecule has 8 heteroatoms. The molecular formula is C25H25N3O3S2. The molecule has 0 aliphatic carbocycles. The highest BCUT2D eigenvalue weighted by Crippen LogP contribution is 2.32. The van der Waals surface area contributed by atoms with Crippen LogP contribution < -0.4 is 15.6 Å². The lowest BCUT2D eigenvalue weighted by Crippen LogP contribution is -2.26. The van der Waals surface area contributed by atoms with Crippen molar-refractivity contribution in [1.82, 2.24) is 14.9 Å². The van der Waals surface area contributed by atoms with E-state index in [4.69, 9.17) is 9.72 Å². The van der Waals surface area contributed by atoms with Gasteiger partial charge in [0, 0.05) is 24.0 Å². The Kier molecular flexibility index (Phi) is 7.15. The molecule has 2 aromatic heterocycles. The third kappa shape index (κ3) is 5.12. The third-order valence-electron chi connectivity index (χ3n) is 5.30. The van der Waals surface area contributed by atoms with E-state index in [9.17, 15) is 9.59 Å². The number of carbonyl (C=O) groups excluding carboxylic acids is 1. The summed E-state index contributed by atoms with van der Waals surface area (Å²) in [6, 6.07) is 15.7. The van der Waals surface area contributed by atoms with Crippen LogP contribution in [0.3, 0.4) is 0 Å². The van der Waals surface area contributed by atoms with Crippen LogP contribution in [0.15, 0.2) is 63.9 Å². The van der Waals surface area contributed by atoms with Crippen LogP contribution in [0.1, 0.15) is 18.1 Å². The number of nitrogens with one attached hydrogen (secondary N) is 1. The van der Waals surface area contributed by atoms with Crippen molar-refractivity contribution in [3.8, 4) is 16.9 Å². The molecule has 170 valence electrons. The van der Waals surface area contributed by atoms with Gasteiger partial charge in [0.05, 0.1) is 18.4 Å². The van der Waals surface area contributed by atoms with Gasteiger partial charge in [0.1, 0.15) is 10.4 Å². The van der Waals surface area contributed by atoms with Crippen LogP contribution in [0.25, 0.3) is 21.3 Å². The standard InChI is InChI=1S/C25H25N3O3S2/c1-4-28-24(30)23-22(20(14-32-23)18-9-5-16(2)6-10-18)27-25(28)33-15-21(29)26-13-17-7-11-19(31-3)12-8-17/h5-12,14H,4,13,15H2,1-3H3,(H,26,29). The van der Waals surface area contributed by atoms with Gasteiger partial charge in [-0.1, -0.05) is 53.7 Å². The molecule has 33 heavy (non-hydrogen) atoms. The number of amides is 1. The van der Waals surface area contributed by atoms with Crippen molar-refractivity contribution in [1.29, 1.82) is 0 Å². The number of rotatable bonds is 8. The van der Waals surface area contributed by atoms with E-state index in [1.54, 1.807) is 11.7 Å². The van der Waals surface area contributed by atoms with E-state index in [1.807, 2.05) is 55.6 Å². The molecule has 6 nitrogen and oxygen atoms in total. The maximum atomic E-state index is 13.1. The molecular weight excluding hydrogens is 454 g/mol. The number of benzene rings is 2. The van der Waals surface area contributed by atoms with Crippen molar-refractivity contribution >= 4 is 39.2 Å². The van der Waals surface area contributed by atoms with Gasteiger partial charge in [-0.2, -0.15) is 0 Å². The van der Waals surface area contributed by atoms with Crippen molar-refractivity contribution in [2.75, 3.05) is 12.9 Å². The van der Waals surface area contributed by atoms with Gasteiger partial charge in [0.25, 0.3) is 5.56 Å². The number of carbonyl (C=O) groups is 1. The Balaban J connectivity index is 1.52. The lowest BCUT2D eigenvalue weighted by Gasteiger charge is -2.11. The summed E-state index contributed by atoms with van der Waals surface area (Å²) < 4.78 is 7.43. The molecule has 0 saturated carbocycles. The molecule has 0 aliphatic rings. The SMILES string of the molecule is CCn1c(SCC(=O)NCc2ccc(OC)cc2)nc2c(-c3ccc(C)cc3)csc2c1=O. The average Bonchev–Trinajstić information content (AvgIpc) is 3.26. The van der Waals surface area contributed by atoms with Gasteiger partial charge in [0.15, 0.2) is 5.16 Å². The Morgan fingerprint density at radius 1 is 1.15 bits per heavy atom. The Hall–Kier alpha value is -3.10. The number of hydrogen-bond acceptors (Lipinski definition) is 6. The first-order valence-electron chi connectivity index (χ1n) is 10.6. The second-order valence-corrected chi connectivity index (χ2v) is 9.37. The number of thiophene rings is 1. The maximum Gasteiger partial charge on any atom is 0.272 e. The second kappa shape index (κ2) is 10.2. The number of nitrogens with zero attached hydrogens (tertiary/aromatic N) is 2. The molecule has 2 aromatic carbocycles. The first-order valence-corrected chi connectivity index (χ1v) is 12.5. The van der Waals surface area contributed by atoms with Crippen LogP contribution in [-0.4, -0.2) is 28.3 Å². The van der Waals surface area contributed by atoms with Crippen molar-refractivity contribution in [2.24, 2.45) is 0 Å². The second-order valence-electron chi connectivity index (χ2n) is 7.55. The minimum absolute atomic E-state index is 0.0630. The minimum atomic E-state index is -0.114. The lowest BCUT2D eigenvalue weighted by molar-refractivity contribution is -0.118. The van der Waals surface area contributed by atoms with Gasteiger partial charge in [0.2, 0.25) is 5.91 Å². The van der Waals surface area contributed by atoms with Crippen LogP contribution >= 0.6 is 23.1 Å². The van der Waals surface area contributed by atoms with Crippen LogP contribution in [-0.2, 0) is 17.9 Å². The fourth-order valence-electron chi connectivity index (χ4n) is 3.43. The fraction of sp³-hybridized carbons (Fsp3) is 0.240. The number of methoxy groups -OCH3 is 1. The molecule has 0 radical (unpaired) electrons. The number of hydrogen-bond donors (Lipinski definition) is 1. The molecule has 0 saturated heterocycles. The van der Waals surface area contributed by atoms with Crippen LogP contribution in [0, 0.1) is 6.92 Å². The Labute approximate surface area is 200 Å². The number of fused-ring (bicyclic) bond motifs is 1. The zero-order chi connectivity index (χ0) is 23.4. The van der Waals surface area contributed by atoms with E-state index in [2.05, 4.69) is 17.4 Å². The summed E-state index contributed by atoms with van der Waals surface area (Å²) in [5.41, 5.74) is 4.77. The molecule has 0 aliphatic heterocycles. The van der Waals surface area contributed by atoms with Crippen molar-refractivity contribution < 1.29 is 9.53 Å². The monoisotopic (exact) mass is 479 g/mol. The molecule has 4 aromatic rings. The minimum Gasteiger partial charge on any atom is -0.497 e. The van der Waals surface area contributed by atoms with Gasteiger partial charge < -0.3 is 10.1 Å². The first-order chi connectivity index (χ1) is 16.0. The smallest absolute Gasteiger partial charge is 0.272 e. The van der Waals surface area contributed by atoms with Gasteiger partial charge in [-0.15, -0.1) is 11.3 Å². The zero-order valence-corrected chi connectivity index (χ0v) is 20.4. The van der Waals surface area contributed by atoms with E-state index in [1.165, 1.54) is 28.7 Å². The highest BCUT2D eigenvalue weighted by molar-refractivity contribution is 7.99. The summed E-state index contributed by atoms with van der Waals surface area (Å²) in [5, 5.41) is 5.46. The molecule has 0 fully saturated rings. The van der Waals surface area contributed by atoms with Crippen LogP contribution in [0.4, 0.5) is 0 Å². The first kappa shape index (κ1) is 23.1. The average molecular weight is 480 g/mol. The Morgan fingerprint density at radius 2 is 1.88 bits per heavy atom. The maximum absolute atomic E-state index is 13.1. The summed E-state index contributed by atoms with van der Waals surface area (Å²) in [6.07, 6.45) is 0. The van der Waals surface area contributed by atoms with Gasteiger partial charge >= 0.3 is 0 Å². The predicted molar refractivity (Wildman–Crippen MR) is 135 cm³/mol. The highest BCUT2D eigenvalue weighted by Gasteiger charge is 2.17. The van der Waals surface area contributed by atoms with E-state index in [-0.39, 0.29) is 17.2 Å². The normalized spacial score (nSPS) is 11.0. The number of aryl methyl sites for hydroxylation is 1. The summed E-state index contributed by atoms with van der Waals surface area (Å²) in [4.78, 5) is 30.4. The Bertz CT molecular complexity index is 1330. The summed E-state index contributed by atoms with van der Waals surface area (Å²) in [5.74, 6) is 0.841. The van der Waals surface area contributed by atoms with Gasteiger partial charge in [-0.05, 0) is 37.1 Å². The van der Waals surface area contributed by atoms with Crippen molar-refractivity contribution in [2.45, 2.75) is 32.1 Å². The molecule has 1 N–H and O–H groups in total. The van der Waals surface area contributed by atoms with E-state index in [0.29, 0.717) is 28.5 Å². The molecule has 4 rings (SSSR count). The molecule has 1 amide bonds. The molecule has 0 spiro atoms. The van der Waals surface area contributed by atoms with E-state index < -0.39 is 0 Å².